The minimum Gasteiger partial charge on any atom is -0.497 e. The molecule has 2 heterocycles. The Morgan fingerprint density at radius 3 is 2.48 bits per heavy atom. The third kappa shape index (κ3) is 5.34. The number of nitrogens with one attached hydrogen (secondary N) is 1. The fraction of sp³-hybridized carbons (Fsp3) is 0.400. The first kappa shape index (κ1) is 19.0. The first-order valence-electron chi connectivity index (χ1n) is 9.09. The molecule has 1 aromatic heterocycles. The van der Waals surface area contributed by atoms with Gasteiger partial charge in [0.05, 0.1) is 25.5 Å². The van der Waals surface area contributed by atoms with Crippen molar-refractivity contribution in [1.29, 1.82) is 0 Å². The van der Waals surface area contributed by atoms with Crippen molar-refractivity contribution in [1.82, 2.24) is 15.1 Å². The number of ether oxygens (including phenoxy) is 1. The van der Waals surface area contributed by atoms with E-state index in [1.807, 2.05) is 12.1 Å². The third-order valence-electron chi connectivity index (χ3n) is 4.78. The number of furan rings is 1. The van der Waals surface area contributed by atoms with Crippen molar-refractivity contribution in [2.75, 3.05) is 46.4 Å². The fourth-order valence-electron chi connectivity index (χ4n) is 3.06. The van der Waals surface area contributed by atoms with Crippen molar-refractivity contribution in [3.63, 3.8) is 0 Å². The zero-order valence-corrected chi connectivity index (χ0v) is 15.5. The lowest BCUT2D eigenvalue weighted by Crippen LogP contribution is -2.51. The first-order valence-corrected chi connectivity index (χ1v) is 9.09. The van der Waals surface area contributed by atoms with Crippen molar-refractivity contribution in [3.05, 3.63) is 54.0 Å². The standard InChI is InChI=1S/C20H25N3O4/c1-26-18-4-2-16(3-5-18)6-8-22-9-11-23(12-10-22)19(24)14-21-20(25)17-7-13-27-15-17/h2-5,7,13,15H,6,8-12,14H2,1H3,(H,21,25). The average molecular weight is 371 g/mol. The molecule has 2 amide bonds. The van der Waals surface area contributed by atoms with Crippen LogP contribution in [0.1, 0.15) is 15.9 Å². The van der Waals surface area contributed by atoms with Gasteiger partial charge in [0.25, 0.3) is 5.91 Å². The predicted octanol–water partition coefficient (Wildman–Crippen LogP) is 1.40. The topological polar surface area (TPSA) is 75.0 Å². The summed E-state index contributed by atoms with van der Waals surface area (Å²) in [7, 11) is 1.67. The lowest BCUT2D eigenvalue weighted by Gasteiger charge is -2.34. The van der Waals surface area contributed by atoms with Gasteiger partial charge in [0.15, 0.2) is 0 Å². The summed E-state index contributed by atoms with van der Waals surface area (Å²) in [4.78, 5) is 28.3. The molecule has 7 heteroatoms. The summed E-state index contributed by atoms with van der Waals surface area (Å²) < 4.78 is 10.0. The highest BCUT2D eigenvalue weighted by molar-refractivity contribution is 5.96. The molecule has 27 heavy (non-hydrogen) atoms. The van der Waals surface area contributed by atoms with E-state index in [1.165, 1.54) is 18.1 Å². The zero-order chi connectivity index (χ0) is 19.1. The molecule has 144 valence electrons. The van der Waals surface area contributed by atoms with Crippen LogP contribution in [0.5, 0.6) is 5.75 Å². The van der Waals surface area contributed by atoms with Crippen LogP contribution in [0.2, 0.25) is 0 Å². The normalized spacial score (nSPS) is 14.8. The molecule has 1 aromatic carbocycles. The van der Waals surface area contributed by atoms with Crippen LogP contribution in [-0.2, 0) is 11.2 Å². The molecule has 2 aromatic rings. The molecule has 0 spiro atoms. The first-order chi connectivity index (χ1) is 13.2. The van der Waals surface area contributed by atoms with Gasteiger partial charge >= 0.3 is 0 Å². The second-order valence-corrected chi connectivity index (χ2v) is 6.52. The van der Waals surface area contributed by atoms with E-state index >= 15 is 0 Å². The summed E-state index contributed by atoms with van der Waals surface area (Å²) in [5.74, 6) is 0.516. The molecular weight excluding hydrogens is 346 g/mol. The van der Waals surface area contributed by atoms with E-state index < -0.39 is 0 Å². The van der Waals surface area contributed by atoms with Gasteiger partial charge in [-0.1, -0.05) is 12.1 Å². The number of nitrogens with zero attached hydrogens (tertiary/aromatic N) is 2. The molecule has 0 saturated carbocycles. The maximum atomic E-state index is 12.3. The second-order valence-electron chi connectivity index (χ2n) is 6.52. The van der Waals surface area contributed by atoms with Crippen LogP contribution in [0, 0.1) is 0 Å². The van der Waals surface area contributed by atoms with Crippen molar-refractivity contribution < 1.29 is 18.7 Å². The summed E-state index contributed by atoms with van der Waals surface area (Å²) >= 11 is 0. The Bertz CT molecular complexity index is 735. The van der Waals surface area contributed by atoms with Gasteiger partial charge in [0.1, 0.15) is 12.0 Å². The van der Waals surface area contributed by atoms with E-state index in [4.69, 9.17) is 9.15 Å². The molecule has 0 atom stereocenters. The van der Waals surface area contributed by atoms with Gasteiger partial charge in [0, 0.05) is 32.7 Å². The van der Waals surface area contributed by atoms with Gasteiger partial charge in [-0.2, -0.15) is 0 Å². The molecule has 0 radical (unpaired) electrons. The summed E-state index contributed by atoms with van der Waals surface area (Å²) in [6.45, 7) is 4.03. The fourth-order valence-corrected chi connectivity index (χ4v) is 3.06. The number of methoxy groups -OCH3 is 1. The molecule has 0 bridgehead atoms. The number of piperazine rings is 1. The highest BCUT2D eigenvalue weighted by Crippen LogP contribution is 2.12. The van der Waals surface area contributed by atoms with Crippen molar-refractivity contribution in [2.24, 2.45) is 0 Å². The Hall–Kier alpha value is -2.80. The molecule has 0 aliphatic carbocycles. The number of rotatable bonds is 7. The Morgan fingerprint density at radius 2 is 1.85 bits per heavy atom. The van der Waals surface area contributed by atoms with E-state index in [-0.39, 0.29) is 18.4 Å². The monoisotopic (exact) mass is 371 g/mol. The number of hydrogen-bond acceptors (Lipinski definition) is 5. The molecule has 1 fully saturated rings. The third-order valence-corrected chi connectivity index (χ3v) is 4.78. The highest BCUT2D eigenvalue weighted by atomic mass is 16.5. The SMILES string of the molecule is COc1ccc(CCN2CCN(C(=O)CNC(=O)c3ccoc3)CC2)cc1. The van der Waals surface area contributed by atoms with E-state index in [1.54, 1.807) is 18.1 Å². The predicted molar refractivity (Wildman–Crippen MR) is 101 cm³/mol. The average Bonchev–Trinajstić information content (AvgIpc) is 3.26. The number of hydrogen-bond donors (Lipinski definition) is 1. The molecule has 7 nitrogen and oxygen atoms in total. The molecule has 1 saturated heterocycles. The molecule has 3 rings (SSSR count). The Balaban J connectivity index is 1.36. The van der Waals surface area contributed by atoms with Crippen LogP contribution >= 0.6 is 0 Å². The van der Waals surface area contributed by atoms with E-state index in [9.17, 15) is 9.59 Å². The van der Waals surface area contributed by atoms with Crippen LogP contribution in [-0.4, -0.2) is 68.0 Å². The lowest BCUT2D eigenvalue weighted by atomic mass is 10.1. The van der Waals surface area contributed by atoms with Gasteiger partial charge in [-0.05, 0) is 30.2 Å². The number of benzene rings is 1. The minimum atomic E-state index is -0.296. The highest BCUT2D eigenvalue weighted by Gasteiger charge is 2.21. The molecule has 1 N–H and O–H groups in total. The minimum absolute atomic E-state index is 0.00978. The molecule has 1 aliphatic heterocycles. The summed E-state index contributed by atoms with van der Waals surface area (Å²) in [5, 5.41) is 2.64. The van der Waals surface area contributed by atoms with Crippen LogP contribution < -0.4 is 10.1 Å². The molecular formula is C20H25N3O4. The van der Waals surface area contributed by atoms with Crippen LogP contribution in [0.25, 0.3) is 0 Å². The zero-order valence-electron chi connectivity index (χ0n) is 15.5. The van der Waals surface area contributed by atoms with Crippen LogP contribution in [0.3, 0.4) is 0 Å². The van der Waals surface area contributed by atoms with Gasteiger partial charge < -0.3 is 19.4 Å². The maximum absolute atomic E-state index is 12.3. The van der Waals surface area contributed by atoms with Gasteiger partial charge in [0.2, 0.25) is 5.91 Å². The second kappa shape index (κ2) is 9.23. The van der Waals surface area contributed by atoms with Crippen molar-refractivity contribution in [3.8, 4) is 5.75 Å². The van der Waals surface area contributed by atoms with Crippen LogP contribution in [0.4, 0.5) is 0 Å². The summed E-state index contributed by atoms with van der Waals surface area (Å²) in [6.07, 6.45) is 3.77. The van der Waals surface area contributed by atoms with Gasteiger partial charge in [-0.15, -0.1) is 0 Å². The largest absolute Gasteiger partial charge is 0.497 e. The van der Waals surface area contributed by atoms with Gasteiger partial charge in [-0.3, -0.25) is 14.5 Å². The summed E-state index contributed by atoms with van der Waals surface area (Å²) in [6, 6.07) is 9.69. The smallest absolute Gasteiger partial charge is 0.254 e. The van der Waals surface area contributed by atoms with Gasteiger partial charge in [-0.25, -0.2) is 0 Å². The Morgan fingerprint density at radius 1 is 1.11 bits per heavy atom. The van der Waals surface area contributed by atoms with Crippen molar-refractivity contribution in [2.45, 2.75) is 6.42 Å². The Kier molecular flexibility index (Phi) is 6.49. The number of carbonyl (C=O) groups excluding carboxylic acids is 2. The Labute approximate surface area is 158 Å². The maximum Gasteiger partial charge on any atom is 0.254 e. The van der Waals surface area contributed by atoms with E-state index in [0.717, 1.165) is 31.8 Å². The molecule has 1 aliphatic rings. The quantitative estimate of drug-likeness (QED) is 0.796. The lowest BCUT2D eigenvalue weighted by molar-refractivity contribution is -0.131. The van der Waals surface area contributed by atoms with Crippen LogP contribution in [0.15, 0.2) is 47.3 Å². The van der Waals surface area contributed by atoms with E-state index in [2.05, 4.69) is 22.3 Å². The number of amides is 2. The molecule has 0 unspecified atom stereocenters. The van der Waals surface area contributed by atoms with E-state index in [0.29, 0.717) is 18.7 Å². The summed E-state index contributed by atoms with van der Waals surface area (Å²) in [5.41, 5.74) is 1.70. The number of carbonyl (C=O) groups is 2. The van der Waals surface area contributed by atoms with Crippen molar-refractivity contribution >= 4 is 11.8 Å².